The molecule has 4 nitrogen and oxygen atoms in total. The molecule has 0 amide bonds. The molecule has 0 atom stereocenters. The molecule has 0 aliphatic carbocycles. The van der Waals surface area contributed by atoms with E-state index in [4.69, 9.17) is 0 Å². The van der Waals surface area contributed by atoms with Crippen molar-refractivity contribution in [1.82, 2.24) is 10.2 Å². The maximum absolute atomic E-state index is 11.3. The largest absolute Gasteiger partial charge is 0.465 e. The molecule has 1 aromatic carbocycles. The summed E-state index contributed by atoms with van der Waals surface area (Å²) in [5.74, 6) is -0.274. The fourth-order valence-electron chi connectivity index (χ4n) is 2.15. The highest BCUT2D eigenvalue weighted by atomic mass is 16.5. The molecular weight excluding hydrogens is 228 g/mol. The van der Waals surface area contributed by atoms with Gasteiger partial charge in [0.1, 0.15) is 0 Å². The van der Waals surface area contributed by atoms with Crippen LogP contribution in [-0.2, 0) is 11.2 Å². The second-order valence-corrected chi connectivity index (χ2v) is 4.53. The number of hydrogen-bond acceptors (Lipinski definition) is 4. The van der Waals surface area contributed by atoms with Crippen LogP contribution in [0.25, 0.3) is 0 Å². The van der Waals surface area contributed by atoms with Crippen LogP contribution in [0.5, 0.6) is 0 Å². The number of methoxy groups -OCH3 is 1. The van der Waals surface area contributed by atoms with Crippen LogP contribution in [0.2, 0.25) is 0 Å². The molecule has 0 aromatic heterocycles. The molecule has 1 saturated heterocycles. The van der Waals surface area contributed by atoms with Gasteiger partial charge in [0.25, 0.3) is 0 Å². The Morgan fingerprint density at radius 2 is 1.94 bits per heavy atom. The lowest BCUT2D eigenvalue weighted by molar-refractivity contribution is 0.0600. The van der Waals surface area contributed by atoms with Crippen LogP contribution in [0.4, 0.5) is 0 Å². The smallest absolute Gasteiger partial charge is 0.337 e. The third-order valence-corrected chi connectivity index (χ3v) is 3.30. The number of esters is 1. The number of nitrogens with one attached hydrogen (secondary N) is 1. The van der Waals surface area contributed by atoms with Gasteiger partial charge in [-0.05, 0) is 24.1 Å². The summed E-state index contributed by atoms with van der Waals surface area (Å²) in [7, 11) is 1.40. The van der Waals surface area contributed by atoms with Crippen LogP contribution in [0.15, 0.2) is 24.3 Å². The quantitative estimate of drug-likeness (QED) is 0.805. The van der Waals surface area contributed by atoms with Crippen LogP contribution in [0.3, 0.4) is 0 Å². The van der Waals surface area contributed by atoms with Crippen LogP contribution in [-0.4, -0.2) is 50.7 Å². The molecule has 0 saturated carbocycles. The summed E-state index contributed by atoms with van der Waals surface area (Å²) in [5, 5.41) is 3.35. The van der Waals surface area contributed by atoms with Gasteiger partial charge in [0.15, 0.2) is 0 Å². The van der Waals surface area contributed by atoms with Crippen LogP contribution in [0, 0.1) is 0 Å². The predicted octanol–water partition coefficient (Wildman–Crippen LogP) is 0.921. The summed E-state index contributed by atoms with van der Waals surface area (Å²) < 4.78 is 4.68. The molecule has 1 heterocycles. The molecule has 1 aliphatic rings. The van der Waals surface area contributed by atoms with E-state index in [-0.39, 0.29) is 5.97 Å². The highest BCUT2D eigenvalue weighted by Gasteiger charge is 2.09. The number of benzene rings is 1. The minimum Gasteiger partial charge on any atom is -0.465 e. The average molecular weight is 248 g/mol. The lowest BCUT2D eigenvalue weighted by atomic mass is 10.1. The molecule has 1 fully saturated rings. The van der Waals surface area contributed by atoms with E-state index in [2.05, 4.69) is 15.0 Å². The summed E-state index contributed by atoms with van der Waals surface area (Å²) in [6.45, 7) is 5.50. The minimum atomic E-state index is -0.274. The average Bonchev–Trinajstić information content (AvgIpc) is 2.46. The van der Waals surface area contributed by atoms with Crippen molar-refractivity contribution in [3.8, 4) is 0 Å². The number of ether oxygens (including phenoxy) is 1. The van der Waals surface area contributed by atoms with Gasteiger partial charge in [0.05, 0.1) is 12.7 Å². The van der Waals surface area contributed by atoms with Gasteiger partial charge in [0, 0.05) is 32.7 Å². The Morgan fingerprint density at radius 3 is 2.56 bits per heavy atom. The van der Waals surface area contributed by atoms with Crippen molar-refractivity contribution in [2.75, 3.05) is 39.8 Å². The highest BCUT2D eigenvalue weighted by molar-refractivity contribution is 5.89. The van der Waals surface area contributed by atoms with Gasteiger partial charge in [0.2, 0.25) is 0 Å². The highest BCUT2D eigenvalue weighted by Crippen LogP contribution is 2.07. The third-order valence-electron chi connectivity index (χ3n) is 3.30. The molecule has 0 spiro atoms. The number of hydrogen-bond donors (Lipinski definition) is 1. The zero-order valence-corrected chi connectivity index (χ0v) is 10.8. The second-order valence-electron chi connectivity index (χ2n) is 4.53. The minimum absolute atomic E-state index is 0.274. The van der Waals surface area contributed by atoms with Crippen molar-refractivity contribution in [3.05, 3.63) is 35.4 Å². The van der Waals surface area contributed by atoms with Crippen molar-refractivity contribution < 1.29 is 9.53 Å². The maximum atomic E-state index is 11.3. The Balaban J connectivity index is 1.84. The van der Waals surface area contributed by atoms with Crippen molar-refractivity contribution in [2.45, 2.75) is 6.42 Å². The first-order chi connectivity index (χ1) is 8.79. The Kier molecular flexibility index (Phi) is 4.73. The van der Waals surface area contributed by atoms with Crippen molar-refractivity contribution in [2.24, 2.45) is 0 Å². The van der Waals surface area contributed by atoms with E-state index in [0.717, 1.165) is 39.1 Å². The normalized spacial score (nSPS) is 16.5. The fourth-order valence-corrected chi connectivity index (χ4v) is 2.15. The first-order valence-corrected chi connectivity index (χ1v) is 6.40. The summed E-state index contributed by atoms with van der Waals surface area (Å²) in [5.41, 5.74) is 1.88. The molecule has 1 aliphatic heterocycles. The second kappa shape index (κ2) is 6.52. The number of piperazine rings is 1. The Labute approximate surface area is 108 Å². The van der Waals surface area contributed by atoms with E-state index in [1.165, 1.54) is 12.7 Å². The molecule has 0 bridgehead atoms. The van der Waals surface area contributed by atoms with Crippen molar-refractivity contribution in [1.29, 1.82) is 0 Å². The Hall–Kier alpha value is -1.39. The van der Waals surface area contributed by atoms with Crippen LogP contribution in [0.1, 0.15) is 15.9 Å². The summed E-state index contributed by atoms with van der Waals surface area (Å²) in [6.07, 6.45) is 1.03. The van der Waals surface area contributed by atoms with E-state index in [1.807, 2.05) is 24.3 Å². The molecule has 0 radical (unpaired) electrons. The SMILES string of the molecule is COC(=O)c1ccc(CCN2CCNCC2)cc1. The number of carbonyl (C=O) groups is 1. The predicted molar refractivity (Wildman–Crippen MR) is 70.8 cm³/mol. The molecule has 18 heavy (non-hydrogen) atoms. The Morgan fingerprint density at radius 1 is 1.28 bits per heavy atom. The summed E-state index contributed by atoms with van der Waals surface area (Å²) >= 11 is 0. The maximum Gasteiger partial charge on any atom is 0.337 e. The first kappa shape index (κ1) is 13.1. The number of nitrogens with zero attached hydrogens (tertiary/aromatic N) is 1. The van der Waals surface area contributed by atoms with Gasteiger partial charge >= 0.3 is 5.97 Å². The molecule has 4 heteroatoms. The van der Waals surface area contributed by atoms with Gasteiger partial charge in [-0.3, -0.25) is 0 Å². The monoisotopic (exact) mass is 248 g/mol. The molecule has 1 aromatic rings. The lowest BCUT2D eigenvalue weighted by Crippen LogP contribution is -2.44. The molecule has 0 unspecified atom stereocenters. The van der Waals surface area contributed by atoms with E-state index in [1.54, 1.807) is 0 Å². The first-order valence-electron chi connectivity index (χ1n) is 6.40. The number of carbonyl (C=O) groups excluding carboxylic acids is 1. The lowest BCUT2D eigenvalue weighted by Gasteiger charge is -2.27. The number of rotatable bonds is 4. The molecule has 98 valence electrons. The molecule has 1 N–H and O–H groups in total. The van der Waals surface area contributed by atoms with E-state index in [9.17, 15) is 4.79 Å². The topological polar surface area (TPSA) is 41.6 Å². The third kappa shape index (κ3) is 3.55. The van der Waals surface area contributed by atoms with Gasteiger partial charge in [-0.2, -0.15) is 0 Å². The van der Waals surface area contributed by atoms with Gasteiger partial charge < -0.3 is 15.0 Å². The van der Waals surface area contributed by atoms with Crippen molar-refractivity contribution >= 4 is 5.97 Å². The van der Waals surface area contributed by atoms with E-state index < -0.39 is 0 Å². The standard InChI is InChI=1S/C14H20N2O2/c1-18-14(17)13-4-2-12(3-5-13)6-9-16-10-7-15-8-11-16/h2-5,15H,6-11H2,1H3. The van der Waals surface area contributed by atoms with Crippen molar-refractivity contribution in [3.63, 3.8) is 0 Å². The molecule has 2 rings (SSSR count). The Bertz CT molecular complexity index is 383. The summed E-state index contributed by atoms with van der Waals surface area (Å²) in [6, 6.07) is 7.68. The zero-order valence-electron chi connectivity index (χ0n) is 10.8. The van der Waals surface area contributed by atoms with Crippen LogP contribution < -0.4 is 5.32 Å². The van der Waals surface area contributed by atoms with E-state index >= 15 is 0 Å². The summed E-state index contributed by atoms with van der Waals surface area (Å²) in [4.78, 5) is 13.8. The molecular formula is C14H20N2O2. The van der Waals surface area contributed by atoms with Gasteiger partial charge in [-0.1, -0.05) is 12.1 Å². The fraction of sp³-hybridized carbons (Fsp3) is 0.500. The van der Waals surface area contributed by atoms with Gasteiger partial charge in [-0.25, -0.2) is 4.79 Å². The zero-order chi connectivity index (χ0) is 12.8. The van der Waals surface area contributed by atoms with E-state index in [0.29, 0.717) is 5.56 Å². The van der Waals surface area contributed by atoms with Crippen LogP contribution >= 0.6 is 0 Å². The van der Waals surface area contributed by atoms with Gasteiger partial charge in [-0.15, -0.1) is 0 Å².